The van der Waals surface area contributed by atoms with Crippen molar-refractivity contribution in [3.05, 3.63) is 18.1 Å². The molecule has 0 bridgehead atoms. The molecule has 0 aromatic carbocycles. The van der Waals surface area contributed by atoms with Crippen molar-refractivity contribution in [1.82, 2.24) is 9.96 Å². The first kappa shape index (κ1) is 4.47. The second-order valence-electron chi connectivity index (χ2n) is 1.05. The zero-order valence-electron chi connectivity index (χ0n) is 3.53. The first-order valence-electron chi connectivity index (χ1n) is 1.81. The molecule has 0 fully saturated rings. The number of rotatable bonds is 0. The van der Waals surface area contributed by atoms with Crippen LogP contribution in [-0.4, -0.2) is 9.96 Å². The largest absolute Gasteiger partial charge is 0.508 e. The monoisotopic (exact) mass is 115 g/mol. The number of hydrogen-bond donors (Lipinski definition) is 1. The van der Waals surface area contributed by atoms with Gasteiger partial charge in [0.15, 0.2) is 5.80 Å². The Morgan fingerprint density at radius 1 is 1.71 bits per heavy atom. The summed E-state index contributed by atoms with van der Waals surface area (Å²) < 4.78 is 10.3. The maximum atomic E-state index is 10.3. The maximum Gasteiger partial charge on any atom is 0.508 e. The Morgan fingerprint density at radius 2 is 2.57 bits per heavy atom. The summed E-state index contributed by atoms with van der Waals surface area (Å²) in [6.45, 7) is 0. The molecule has 4 heteroatoms. The second kappa shape index (κ2) is 1.85. The molecule has 1 atom stereocenters. The highest BCUT2D eigenvalue weighted by molar-refractivity contribution is 7.31. The summed E-state index contributed by atoms with van der Waals surface area (Å²) in [6, 6.07) is 1.65. The number of nitrogens with one attached hydrogen (secondary N) is 1. The predicted molar refractivity (Wildman–Crippen MR) is 26.2 cm³/mol. The van der Waals surface area contributed by atoms with Crippen LogP contribution >= 0.6 is 7.57 Å². The molecule has 0 spiro atoms. The molecule has 7 heavy (non-hydrogen) atoms. The molecule has 1 rings (SSSR count). The Labute approximate surface area is 41.2 Å². The summed E-state index contributed by atoms with van der Waals surface area (Å²) in [5, 5.41) is 3.51. The Kier molecular flexibility index (Phi) is 1.18. The zero-order valence-corrected chi connectivity index (χ0v) is 4.43. The van der Waals surface area contributed by atoms with Crippen molar-refractivity contribution in [1.29, 1.82) is 0 Å². The van der Waals surface area contributed by atoms with Crippen molar-refractivity contribution >= 4 is 7.57 Å². The van der Waals surface area contributed by atoms with E-state index in [2.05, 4.69) is 9.96 Å². The lowest BCUT2D eigenvalue weighted by atomic mass is 10.8. The molecule has 1 unspecified atom stereocenters. The van der Waals surface area contributed by atoms with Gasteiger partial charge in [-0.15, -0.1) is 5.10 Å². The summed E-state index contributed by atoms with van der Waals surface area (Å²) in [4.78, 5) is 2.37. The minimum Gasteiger partial charge on any atom is -0.145 e. The van der Waals surface area contributed by atoms with Gasteiger partial charge in [0.25, 0.3) is 0 Å². The van der Waals surface area contributed by atoms with Crippen molar-refractivity contribution in [3.8, 4) is 0 Å². The van der Waals surface area contributed by atoms with Crippen LogP contribution in [0.5, 0.6) is 0 Å². The molecular weight excluding hydrogens is 111 g/mol. The van der Waals surface area contributed by atoms with Gasteiger partial charge in [0.1, 0.15) is 0 Å². The van der Waals surface area contributed by atoms with Gasteiger partial charge in [-0.25, -0.2) is 0 Å². The van der Waals surface area contributed by atoms with Crippen LogP contribution < -0.4 is 0 Å². The summed E-state index contributed by atoms with van der Waals surface area (Å²) in [5.74, 6) is 1.56. The summed E-state index contributed by atoms with van der Waals surface area (Å²) in [7, 11) is -1.37. The van der Waals surface area contributed by atoms with E-state index in [1.807, 2.05) is 0 Å². The van der Waals surface area contributed by atoms with Crippen LogP contribution in [0.4, 0.5) is 0 Å². The van der Waals surface area contributed by atoms with Crippen molar-refractivity contribution in [3.63, 3.8) is 0 Å². The zero-order chi connectivity index (χ0) is 5.11. The highest BCUT2D eigenvalue weighted by atomic mass is 31.1. The molecule has 3 nitrogen and oxygen atoms in total. The lowest BCUT2D eigenvalue weighted by Gasteiger charge is -1.61. The fraction of sp³-hybridized carbons (Fsp3) is 0. The van der Waals surface area contributed by atoms with Gasteiger partial charge in [-0.1, -0.05) is 4.86 Å². The Hall–Kier alpha value is -0.690. The minimum atomic E-state index is -1.37. The normalized spacial score (nSPS) is 11.1. The summed E-state index contributed by atoms with van der Waals surface area (Å²) in [6.07, 6.45) is 1.55. The third-order valence-electron chi connectivity index (χ3n) is 0.538. The highest BCUT2D eigenvalue weighted by Gasteiger charge is 1.86. The molecule has 1 heterocycles. The third kappa shape index (κ3) is 1.09. The second-order valence-corrected chi connectivity index (χ2v) is 2.20. The number of aromatic amines is 1. The van der Waals surface area contributed by atoms with Gasteiger partial charge in [0.05, 0.1) is 6.20 Å². The van der Waals surface area contributed by atoms with Crippen molar-refractivity contribution in [2.45, 2.75) is 0 Å². The number of hydrogen-bond acceptors (Lipinski definition) is 2. The van der Waals surface area contributed by atoms with E-state index in [9.17, 15) is 4.57 Å². The fourth-order valence-electron chi connectivity index (χ4n) is 0.283. The van der Waals surface area contributed by atoms with E-state index in [1.54, 1.807) is 18.1 Å². The molecule has 1 aromatic rings. The first-order chi connectivity index (χ1) is 3.39. The summed E-state index contributed by atoms with van der Waals surface area (Å²) >= 11 is 0. The molecule has 36 valence electrons. The lowest BCUT2D eigenvalue weighted by Crippen LogP contribution is -1.65. The molecule has 0 amide bonds. The highest BCUT2D eigenvalue weighted by Crippen LogP contribution is 1.99. The molecule has 0 radical (unpaired) electrons. The summed E-state index contributed by atoms with van der Waals surface area (Å²) in [5.41, 5.74) is 0. The quantitative estimate of drug-likeness (QED) is 0.551. The smallest absolute Gasteiger partial charge is 0.145 e. The third-order valence-corrected chi connectivity index (χ3v) is 1.29. The SMILES string of the molecule is O=[p+]1cccn[nH]1. The van der Waals surface area contributed by atoms with E-state index in [0.717, 1.165) is 0 Å². The standard InChI is InChI=1S/C3H4N2OP/c6-7-3-1-2-4-5-7/h1-3H,(H,5,6)/q+1. The van der Waals surface area contributed by atoms with Crippen molar-refractivity contribution in [2.75, 3.05) is 0 Å². The van der Waals surface area contributed by atoms with Crippen LogP contribution in [0.2, 0.25) is 0 Å². The van der Waals surface area contributed by atoms with Crippen LogP contribution in [0.15, 0.2) is 18.1 Å². The van der Waals surface area contributed by atoms with E-state index in [0.29, 0.717) is 0 Å². The number of nitrogens with zero attached hydrogens (tertiary/aromatic N) is 1. The van der Waals surface area contributed by atoms with Gasteiger partial charge < -0.3 is 0 Å². The van der Waals surface area contributed by atoms with Crippen molar-refractivity contribution < 1.29 is 4.57 Å². The Bertz CT molecular complexity index is 179. The molecular formula is C3H4N2OP+. The van der Waals surface area contributed by atoms with E-state index < -0.39 is 7.57 Å². The average Bonchev–Trinajstić information content (AvgIpc) is 1.69. The molecule has 1 aromatic heterocycles. The van der Waals surface area contributed by atoms with Gasteiger partial charge >= 0.3 is 7.57 Å². The molecule has 0 saturated heterocycles. The van der Waals surface area contributed by atoms with Crippen LogP contribution in [0.3, 0.4) is 0 Å². The van der Waals surface area contributed by atoms with Crippen LogP contribution in [0.25, 0.3) is 0 Å². The lowest BCUT2D eigenvalue weighted by molar-refractivity contribution is 0.595. The van der Waals surface area contributed by atoms with Crippen LogP contribution in [0.1, 0.15) is 0 Å². The fourth-order valence-corrected chi connectivity index (χ4v) is 0.764. The predicted octanol–water partition coefficient (Wildman–Crippen LogP) is 1.15. The molecule has 0 aliphatic rings. The first-order valence-corrected chi connectivity index (χ1v) is 3.14. The van der Waals surface area contributed by atoms with E-state index in [-0.39, 0.29) is 0 Å². The van der Waals surface area contributed by atoms with Crippen LogP contribution in [-0.2, 0) is 4.57 Å². The number of H-pyrrole nitrogens is 1. The van der Waals surface area contributed by atoms with Gasteiger partial charge in [0.2, 0.25) is 0 Å². The van der Waals surface area contributed by atoms with Gasteiger partial charge in [-0.3, -0.25) is 0 Å². The number of aromatic nitrogens is 2. The molecule has 0 saturated carbocycles. The average molecular weight is 115 g/mol. The van der Waals surface area contributed by atoms with Gasteiger partial charge in [-0.2, -0.15) is 0 Å². The van der Waals surface area contributed by atoms with Gasteiger partial charge in [0, 0.05) is 6.07 Å². The van der Waals surface area contributed by atoms with Crippen molar-refractivity contribution in [2.24, 2.45) is 0 Å². The molecule has 0 aliphatic heterocycles. The van der Waals surface area contributed by atoms with E-state index in [1.165, 1.54) is 0 Å². The van der Waals surface area contributed by atoms with Crippen LogP contribution in [0, 0.1) is 0 Å². The molecule has 1 N–H and O–H groups in total. The minimum absolute atomic E-state index is 1.37. The topological polar surface area (TPSA) is 45.8 Å². The Morgan fingerprint density at radius 3 is 2.86 bits per heavy atom. The van der Waals surface area contributed by atoms with Gasteiger partial charge in [-0.05, 0) is 4.57 Å². The Balaban J connectivity index is 3.28. The van der Waals surface area contributed by atoms with E-state index in [4.69, 9.17) is 0 Å². The molecule has 0 aliphatic carbocycles. The maximum absolute atomic E-state index is 10.3. The van der Waals surface area contributed by atoms with E-state index >= 15 is 0 Å².